The fourth-order valence-corrected chi connectivity index (χ4v) is 2.06. The molecule has 24 heavy (non-hydrogen) atoms. The smallest absolute Gasteiger partial charge is 0.334 e. The van der Waals surface area contributed by atoms with Gasteiger partial charge in [0.25, 0.3) is 5.91 Å². The normalized spacial score (nSPS) is 13.2. The van der Waals surface area contributed by atoms with Gasteiger partial charge < -0.3 is 20.5 Å². The molecule has 0 heterocycles. The van der Waals surface area contributed by atoms with E-state index in [9.17, 15) is 14.4 Å². The van der Waals surface area contributed by atoms with Gasteiger partial charge in [0.05, 0.1) is 6.54 Å². The molecule has 0 radical (unpaired) electrons. The number of carboxylic acids is 1. The lowest BCUT2D eigenvalue weighted by atomic mass is 10.0. The minimum absolute atomic E-state index is 0.188. The van der Waals surface area contributed by atoms with E-state index in [0.29, 0.717) is 10.6 Å². The standard InChI is InChI=1S/C16H21ClN2O5/c1-9(2)13(15(21)18-8-12(24-3)16(22)23)19-14(20)10-4-6-11(17)7-5-10/h4-7,9,12-13H,8H2,1-3H3,(H,18,21)(H,19,20)(H,22,23). The quantitative estimate of drug-likeness (QED) is 0.651. The van der Waals surface area contributed by atoms with Crippen molar-refractivity contribution in [3.8, 4) is 0 Å². The van der Waals surface area contributed by atoms with E-state index in [2.05, 4.69) is 10.6 Å². The number of aliphatic carboxylic acids is 1. The van der Waals surface area contributed by atoms with E-state index in [1.807, 2.05) is 0 Å². The summed E-state index contributed by atoms with van der Waals surface area (Å²) < 4.78 is 4.75. The summed E-state index contributed by atoms with van der Waals surface area (Å²) in [5, 5.41) is 14.5. The maximum Gasteiger partial charge on any atom is 0.334 e. The number of amides is 2. The van der Waals surface area contributed by atoms with Gasteiger partial charge in [-0.25, -0.2) is 4.79 Å². The van der Waals surface area contributed by atoms with Crippen LogP contribution < -0.4 is 10.6 Å². The Balaban J connectivity index is 2.72. The third-order valence-corrected chi connectivity index (χ3v) is 3.62. The molecule has 0 aliphatic carbocycles. The molecule has 0 aliphatic rings. The molecule has 2 amide bonds. The molecule has 0 spiro atoms. The van der Waals surface area contributed by atoms with Gasteiger partial charge >= 0.3 is 5.97 Å². The molecule has 1 aromatic carbocycles. The number of nitrogens with one attached hydrogen (secondary N) is 2. The van der Waals surface area contributed by atoms with Crippen LogP contribution in [0.15, 0.2) is 24.3 Å². The van der Waals surface area contributed by atoms with Crippen molar-refractivity contribution in [2.75, 3.05) is 13.7 Å². The second kappa shape index (κ2) is 9.24. The second-order valence-electron chi connectivity index (χ2n) is 5.51. The number of rotatable bonds is 8. The number of halogens is 1. The molecule has 0 aliphatic heterocycles. The molecule has 0 saturated heterocycles. The highest BCUT2D eigenvalue weighted by molar-refractivity contribution is 6.30. The molecule has 7 nitrogen and oxygen atoms in total. The van der Waals surface area contributed by atoms with Crippen LogP contribution >= 0.6 is 11.6 Å². The van der Waals surface area contributed by atoms with Crippen molar-refractivity contribution in [2.24, 2.45) is 5.92 Å². The Hall–Kier alpha value is -2.12. The summed E-state index contributed by atoms with van der Waals surface area (Å²) in [5.74, 6) is -2.26. The van der Waals surface area contributed by atoms with E-state index in [1.54, 1.807) is 38.1 Å². The van der Waals surface area contributed by atoms with E-state index in [-0.39, 0.29) is 12.5 Å². The van der Waals surface area contributed by atoms with Gasteiger partial charge in [0.2, 0.25) is 5.91 Å². The lowest BCUT2D eigenvalue weighted by Crippen LogP contribution is -2.51. The molecule has 1 aromatic rings. The van der Waals surface area contributed by atoms with Crippen LogP contribution in [-0.2, 0) is 14.3 Å². The topological polar surface area (TPSA) is 105 Å². The minimum atomic E-state index is -1.18. The summed E-state index contributed by atoms with van der Waals surface area (Å²) in [5.41, 5.74) is 0.373. The Kier molecular flexibility index (Phi) is 7.67. The van der Waals surface area contributed by atoms with Gasteiger partial charge in [-0.3, -0.25) is 9.59 Å². The van der Waals surface area contributed by atoms with Crippen LogP contribution in [-0.4, -0.2) is 48.7 Å². The van der Waals surface area contributed by atoms with Gasteiger partial charge in [0.1, 0.15) is 6.04 Å². The van der Waals surface area contributed by atoms with E-state index in [1.165, 1.54) is 7.11 Å². The lowest BCUT2D eigenvalue weighted by molar-refractivity contribution is -0.148. The Bertz CT molecular complexity index is 589. The van der Waals surface area contributed by atoms with Crippen LogP contribution in [0.25, 0.3) is 0 Å². The van der Waals surface area contributed by atoms with Crippen LogP contribution in [0.4, 0.5) is 0 Å². The van der Waals surface area contributed by atoms with Gasteiger partial charge in [0, 0.05) is 17.7 Å². The first-order valence-electron chi connectivity index (χ1n) is 7.36. The molecule has 1 rings (SSSR count). The molecule has 2 atom stereocenters. The average Bonchev–Trinajstić information content (AvgIpc) is 2.52. The maximum absolute atomic E-state index is 12.3. The molecule has 0 aromatic heterocycles. The SMILES string of the molecule is COC(CNC(=O)C(NC(=O)c1ccc(Cl)cc1)C(C)C)C(=O)O. The summed E-state index contributed by atoms with van der Waals surface area (Å²) >= 11 is 5.78. The summed E-state index contributed by atoms with van der Waals surface area (Å²) in [6.45, 7) is 3.36. The first-order valence-corrected chi connectivity index (χ1v) is 7.73. The number of carbonyl (C=O) groups excluding carboxylic acids is 2. The number of carbonyl (C=O) groups is 3. The van der Waals surface area contributed by atoms with Crippen LogP contribution in [0.5, 0.6) is 0 Å². The highest BCUT2D eigenvalue weighted by Gasteiger charge is 2.26. The van der Waals surface area contributed by atoms with Crippen LogP contribution in [0.2, 0.25) is 5.02 Å². The fraction of sp³-hybridized carbons (Fsp3) is 0.438. The zero-order chi connectivity index (χ0) is 18.3. The highest BCUT2D eigenvalue weighted by atomic mass is 35.5. The first-order chi connectivity index (χ1) is 11.3. The Labute approximate surface area is 145 Å². The predicted octanol–water partition coefficient (Wildman–Crippen LogP) is 1.31. The molecule has 132 valence electrons. The lowest BCUT2D eigenvalue weighted by Gasteiger charge is -2.22. The molecule has 0 saturated carbocycles. The van der Waals surface area contributed by atoms with Gasteiger partial charge in [-0.1, -0.05) is 25.4 Å². The van der Waals surface area contributed by atoms with E-state index in [0.717, 1.165) is 0 Å². The van der Waals surface area contributed by atoms with Crippen molar-refractivity contribution in [3.05, 3.63) is 34.9 Å². The van der Waals surface area contributed by atoms with E-state index < -0.39 is 29.9 Å². The molecular formula is C16H21ClN2O5. The summed E-state index contributed by atoms with van der Waals surface area (Å²) in [7, 11) is 1.24. The van der Waals surface area contributed by atoms with Crippen molar-refractivity contribution < 1.29 is 24.2 Å². The Morgan fingerprint density at radius 2 is 1.79 bits per heavy atom. The minimum Gasteiger partial charge on any atom is -0.479 e. The average molecular weight is 357 g/mol. The van der Waals surface area contributed by atoms with Crippen molar-refractivity contribution in [3.63, 3.8) is 0 Å². The van der Waals surface area contributed by atoms with Crippen molar-refractivity contribution in [2.45, 2.75) is 26.0 Å². The van der Waals surface area contributed by atoms with Gasteiger partial charge in [-0.2, -0.15) is 0 Å². The van der Waals surface area contributed by atoms with E-state index >= 15 is 0 Å². The summed E-state index contributed by atoms with van der Waals surface area (Å²) in [6, 6.07) is 5.46. The number of methoxy groups -OCH3 is 1. The van der Waals surface area contributed by atoms with Crippen LogP contribution in [0.3, 0.4) is 0 Å². The molecule has 3 N–H and O–H groups in total. The largest absolute Gasteiger partial charge is 0.479 e. The van der Waals surface area contributed by atoms with Crippen molar-refractivity contribution in [1.82, 2.24) is 10.6 Å². The van der Waals surface area contributed by atoms with E-state index in [4.69, 9.17) is 21.4 Å². The number of carboxylic acid groups (broad SMARTS) is 1. The summed E-state index contributed by atoms with van der Waals surface area (Å²) in [4.78, 5) is 35.4. The fourth-order valence-electron chi connectivity index (χ4n) is 1.94. The number of hydrogen-bond acceptors (Lipinski definition) is 4. The molecule has 0 bridgehead atoms. The predicted molar refractivity (Wildman–Crippen MR) is 89.0 cm³/mol. The zero-order valence-electron chi connectivity index (χ0n) is 13.7. The molecule has 2 unspecified atom stereocenters. The van der Waals surface area contributed by atoms with Gasteiger partial charge in [-0.05, 0) is 30.2 Å². The third-order valence-electron chi connectivity index (χ3n) is 3.36. The highest BCUT2D eigenvalue weighted by Crippen LogP contribution is 2.10. The molecular weight excluding hydrogens is 336 g/mol. The van der Waals surface area contributed by atoms with Crippen LogP contribution in [0.1, 0.15) is 24.2 Å². The van der Waals surface area contributed by atoms with Crippen molar-refractivity contribution in [1.29, 1.82) is 0 Å². The van der Waals surface area contributed by atoms with Gasteiger partial charge in [0.15, 0.2) is 6.10 Å². The Morgan fingerprint density at radius 3 is 2.25 bits per heavy atom. The first kappa shape index (κ1) is 19.9. The molecule has 8 heteroatoms. The zero-order valence-corrected chi connectivity index (χ0v) is 14.5. The van der Waals surface area contributed by atoms with Crippen molar-refractivity contribution >= 4 is 29.4 Å². The molecule has 0 fully saturated rings. The third kappa shape index (κ3) is 5.82. The van der Waals surface area contributed by atoms with Gasteiger partial charge in [-0.15, -0.1) is 0 Å². The monoisotopic (exact) mass is 356 g/mol. The number of ether oxygens (including phenoxy) is 1. The number of benzene rings is 1. The summed E-state index contributed by atoms with van der Waals surface area (Å²) in [6.07, 6.45) is -1.14. The second-order valence-corrected chi connectivity index (χ2v) is 5.95. The van der Waals surface area contributed by atoms with Crippen LogP contribution in [0, 0.1) is 5.92 Å². The maximum atomic E-state index is 12.3. The number of hydrogen-bond donors (Lipinski definition) is 3. The Morgan fingerprint density at radius 1 is 1.21 bits per heavy atom.